The third-order valence-corrected chi connectivity index (χ3v) is 8.56. The molecule has 31 heavy (non-hydrogen) atoms. The van der Waals surface area contributed by atoms with Crippen molar-refractivity contribution in [3.8, 4) is 0 Å². The smallest absolute Gasteiger partial charge is 0.126 e. The minimum Gasteiger partial charge on any atom is -0.498 e. The average Bonchev–Trinajstić information content (AvgIpc) is 2.81. The lowest BCUT2D eigenvalue weighted by molar-refractivity contribution is 0.156. The maximum absolute atomic E-state index is 15.1. The van der Waals surface area contributed by atoms with Crippen LogP contribution in [0, 0.1) is 23.6 Å². The molecule has 0 saturated heterocycles. The molecule has 0 spiro atoms. The van der Waals surface area contributed by atoms with E-state index in [9.17, 15) is 0 Å². The van der Waals surface area contributed by atoms with E-state index in [1.165, 1.54) is 64.2 Å². The van der Waals surface area contributed by atoms with Crippen molar-refractivity contribution in [1.82, 2.24) is 0 Å². The Balaban J connectivity index is 1.29. The molecule has 2 saturated carbocycles. The van der Waals surface area contributed by atoms with Gasteiger partial charge in [-0.15, -0.1) is 0 Å². The molecule has 1 unspecified atom stereocenters. The highest BCUT2D eigenvalue weighted by Crippen LogP contribution is 2.45. The van der Waals surface area contributed by atoms with Gasteiger partial charge < -0.3 is 4.74 Å². The molecule has 2 fully saturated rings. The molecular weight excluding hydrogens is 383 g/mol. The van der Waals surface area contributed by atoms with Crippen molar-refractivity contribution < 1.29 is 9.13 Å². The van der Waals surface area contributed by atoms with Crippen LogP contribution in [-0.4, -0.2) is 6.61 Å². The molecule has 0 radical (unpaired) electrons. The van der Waals surface area contributed by atoms with Gasteiger partial charge in [-0.3, -0.25) is 0 Å². The van der Waals surface area contributed by atoms with E-state index in [4.69, 9.17) is 4.74 Å². The van der Waals surface area contributed by atoms with Crippen molar-refractivity contribution in [3.05, 3.63) is 47.0 Å². The van der Waals surface area contributed by atoms with Gasteiger partial charge in [0.15, 0.2) is 0 Å². The lowest BCUT2D eigenvalue weighted by Crippen LogP contribution is -2.25. The van der Waals surface area contributed by atoms with E-state index in [-0.39, 0.29) is 5.82 Å². The summed E-state index contributed by atoms with van der Waals surface area (Å²) in [6, 6.07) is 6.08. The third kappa shape index (κ3) is 5.74. The van der Waals surface area contributed by atoms with Crippen LogP contribution in [0.4, 0.5) is 4.39 Å². The lowest BCUT2D eigenvalue weighted by Gasteiger charge is -2.38. The van der Waals surface area contributed by atoms with Gasteiger partial charge >= 0.3 is 0 Å². The molecule has 2 heteroatoms. The van der Waals surface area contributed by atoms with Crippen molar-refractivity contribution in [1.29, 1.82) is 0 Å². The van der Waals surface area contributed by atoms with Crippen molar-refractivity contribution in [2.75, 3.05) is 6.61 Å². The number of halogens is 1. The predicted octanol–water partition coefficient (Wildman–Crippen LogP) is 8.89. The van der Waals surface area contributed by atoms with Gasteiger partial charge in [0, 0.05) is 12.3 Å². The molecule has 3 aliphatic rings. The normalized spacial score (nSPS) is 31.7. The van der Waals surface area contributed by atoms with E-state index in [0.29, 0.717) is 18.4 Å². The Kier molecular flexibility index (Phi) is 8.13. The van der Waals surface area contributed by atoms with E-state index in [1.807, 2.05) is 6.07 Å². The summed E-state index contributed by atoms with van der Waals surface area (Å²) in [6.07, 6.45) is 18.8. The largest absolute Gasteiger partial charge is 0.498 e. The molecule has 1 aromatic carbocycles. The Morgan fingerprint density at radius 1 is 0.871 bits per heavy atom. The zero-order valence-corrected chi connectivity index (χ0v) is 19.9. The fourth-order valence-electron chi connectivity index (χ4n) is 6.65. The number of rotatable bonds is 7. The Labute approximate surface area is 189 Å². The summed E-state index contributed by atoms with van der Waals surface area (Å²) < 4.78 is 21.0. The second kappa shape index (κ2) is 11.0. The van der Waals surface area contributed by atoms with Gasteiger partial charge in [-0.05, 0) is 98.3 Å². The molecular formula is C29H43FO. The van der Waals surface area contributed by atoms with Crippen LogP contribution in [0.1, 0.15) is 120 Å². The van der Waals surface area contributed by atoms with E-state index < -0.39 is 0 Å². The zero-order chi connectivity index (χ0) is 21.6. The second-order valence-electron chi connectivity index (χ2n) is 10.6. The van der Waals surface area contributed by atoms with Crippen LogP contribution in [-0.2, 0) is 4.74 Å². The van der Waals surface area contributed by atoms with Gasteiger partial charge in [-0.1, -0.05) is 51.7 Å². The number of allylic oxidation sites excluding steroid dienone is 2. The maximum atomic E-state index is 15.1. The summed E-state index contributed by atoms with van der Waals surface area (Å²) in [4.78, 5) is 0. The van der Waals surface area contributed by atoms with E-state index in [0.717, 1.165) is 53.9 Å². The second-order valence-corrected chi connectivity index (χ2v) is 10.6. The van der Waals surface area contributed by atoms with Crippen molar-refractivity contribution in [2.24, 2.45) is 17.8 Å². The first-order valence-corrected chi connectivity index (χ1v) is 13.3. The highest BCUT2D eigenvalue weighted by molar-refractivity contribution is 5.31. The highest BCUT2D eigenvalue weighted by Gasteiger charge is 2.32. The van der Waals surface area contributed by atoms with E-state index in [1.54, 1.807) is 0 Å². The summed E-state index contributed by atoms with van der Waals surface area (Å²) in [7, 11) is 0. The minimum absolute atomic E-state index is 0.0179. The first kappa shape index (κ1) is 22.9. The summed E-state index contributed by atoms with van der Waals surface area (Å²) in [5, 5.41) is 0. The predicted molar refractivity (Wildman–Crippen MR) is 128 cm³/mol. The van der Waals surface area contributed by atoms with Crippen LogP contribution >= 0.6 is 0 Å². The number of hydrogen-bond donors (Lipinski definition) is 0. The van der Waals surface area contributed by atoms with Gasteiger partial charge in [0.05, 0.1) is 12.4 Å². The van der Waals surface area contributed by atoms with Crippen molar-refractivity contribution >= 4 is 0 Å². The Morgan fingerprint density at radius 3 is 2.16 bits per heavy atom. The first-order chi connectivity index (χ1) is 15.2. The van der Waals surface area contributed by atoms with E-state index >= 15 is 4.39 Å². The average molecular weight is 427 g/mol. The molecule has 2 aliphatic carbocycles. The third-order valence-electron chi connectivity index (χ3n) is 8.56. The van der Waals surface area contributed by atoms with Gasteiger partial charge in [0.1, 0.15) is 5.82 Å². The quantitative estimate of drug-likeness (QED) is 0.423. The van der Waals surface area contributed by atoms with E-state index in [2.05, 4.69) is 32.1 Å². The van der Waals surface area contributed by atoms with Crippen LogP contribution in [0.3, 0.4) is 0 Å². The molecule has 1 atom stereocenters. The molecule has 1 nitrogen and oxygen atoms in total. The minimum atomic E-state index is 0.0179. The standard InChI is InChI=1S/C29H43FO/c1-3-5-21-7-9-22(10-8-21)23-11-13-24(14-12-23)28-18-16-25(19-29(28)30)26-15-17-27(6-4-2)31-20-26/h16-19,21-24,26H,3-15,20H2,1-2H3. The van der Waals surface area contributed by atoms with Gasteiger partial charge in [0.2, 0.25) is 0 Å². The lowest BCUT2D eigenvalue weighted by atomic mass is 9.68. The van der Waals surface area contributed by atoms with Crippen LogP contribution < -0.4 is 0 Å². The molecule has 1 heterocycles. The first-order valence-electron chi connectivity index (χ1n) is 13.3. The van der Waals surface area contributed by atoms with Crippen molar-refractivity contribution in [2.45, 2.75) is 109 Å². The van der Waals surface area contributed by atoms with Crippen LogP contribution in [0.25, 0.3) is 0 Å². The zero-order valence-electron chi connectivity index (χ0n) is 19.9. The van der Waals surface area contributed by atoms with Crippen LogP contribution in [0.2, 0.25) is 0 Å². The maximum Gasteiger partial charge on any atom is 0.126 e. The van der Waals surface area contributed by atoms with Crippen LogP contribution in [0.5, 0.6) is 0 Å². The molecule has 1 aromatic rings. The van der Waals surface area contributed by atoms with Gasteiger partial charge in [-0.2, -0.15) is 0 Å². The number of ether oxygens (including phenoxy) is 1. The molecule has 172 valence electrons. The fourth-order valence-corrected chi connectivity index (χ4v) is 6.65. The van der Waals surface area contributed by atoms with Crippen molar-refractivity contribution in [3.63, 3.8) is 0 Å². The summed E-state index contributed by atoms with van der Waals surface area (Å²) >= 11 is 0. The summed E-state index contributed by atoms with van der Waals surface area (Å²) in [6.45, 7) is 5.19. The Bertz CT molecular complexity index is 722. The monoisotopic (exact) mass is 426 g/mol. The highest BCUT2D eigenvalue weighted by atomic mass is 19.1. The van der Waals surface area contributed by atoms with Gasteiger partial charge in [-0.25, -0.2) is 4.39 Å². The van der Waals surface area contributed by atoms with Crippen LogP contribution in [0.15, 0.2) is 30.0 Å². The molecule has 0 bridgehead atoms. The van der Waals surface area contributed by atoms with Gasteiger partial charge in [0.25, 0.3) is 0 Å². The number of hydrogen-bond acceptors (Lipinski definition) is 1. The Hall–Kier alpha value is -1.31. The molecule has 0 aromatic heterocycles. The topological polar surface area (TPSA) is 9.23 Å². The molecule has 0 amide bonds. The Morgan fingerprint density at radius 2 is 1.58 bits per heavy atom. The fraction of sp³-hybridized carbons (Fsp3) is 0.724. The summed E-state index contributed by atoms with van der Waals surface area (Å²) in [5.74, 6) is 4.68. The SMILES string of the molecule is CCCC1=CCC(c2ccc(C3CCC(C4CCC(CCC)CC4)CC3)c(F)c2)CO1. The molecule has 4 rings (SSSR count). The molecule has 1 aliphatic heterocycles. The molecule has 0 N–H and O–H groups in total. The summed E-state index contributed by atoms with van der Waals surface area (Å²) in [5.41, 5.74) is 2.07. The number of benzene rings is 1.